The van der Waals surface area contributed by atoms with Gasteiger partial charge in [-0.2, -0.15) is 0 Å². The fourth-order valence-corrected chi connectivity index (χ4v) is 4.70. The van der Waals surface area contributed by atoms with E-state index in [-0.39, 0.29) is 36.9 Å². The van der Waals surface area contributed by atoms with E-state index in [1.807, 2.05) is 4.90 Å². The van der Waals surface area contributed by atoms with E-state index in [2.05, 4.69) is 42.6 Å². The van der Waals surface area contributed by atoms with E-state index in [1.165, 1.54) is 33.7 Å². The molecule has 148 valence electrons. The second kappa shape index (κ2) is 6.72. The van der Waals surface area contributed by atoms with Crippen molar-refractivity contribution >= 4 is 23.2 Å². The largest absolute Gasteiger partial charge is 0.334 e. The summed E-state index contributed by atoms with van der Waals surface area (Å²) < 4.78 is 13.5. The molecule has 1 fully saturated rings. The predicted octanol–water partition coefficient (Wildman–Crippen LogP) is 3.80. The molecular weight excluding hydrogens is 369 g/mol. The van der Waals surface area contributed by atoms with Crippen LogP contribution in [0.3, 0.4) is 0 Å². The van der Waals surface area contributed by atoms with Crippen molar-refractivity contribution in [2.75, 3.05) is 18.4 Å². The topological polar surface area (TPSA) is 52.7 Å². The molecule has 1 aliphatic carbocycles. The number of amides is 3. The van der Waals surface area contributed by atoms with Crippen molar-refractivity contribution in [3.63, 3.8) is 0 Å². The van der Waals surface area contributed by atoms with Gasteiger partial charge in [-0.25, -0.2) is 9.18 Å². The molecule has 3 amide bonds. The van der Waals surface area contributed by atoms with Crippen LogP contribution in [-0.2, 0) is 11.3 Å². The van der Waals surface area contributed by atoms with Crippen molar-refractivity contribution < 1.29 is 14.0 Å². The minimum absolute atomic E-state index is 0.00136. The van der Waals surface area contributed by atoms with Crippen LogP contribution in [0.1, 0.15) is 23.1 Å². The molecule has 1 saturated heterocycles. The molecule has 6 heteroatoms. The van der Waals surface area contributed by atoms with Gasteiger partial charge in [0.05, 0.1) is 12.6 Å². The van der Waals surface area contributed by atoms with E-state index in [9.17, 15) is 14.0 Å². The highest BCUT2D eigenvalue weighted by atomic mass is 19.1. The molecule has 2 aromatic carbocycles. The number of fused-ring (bicyclic) bond motifs is 3. The van der Waals surface area contributed by atoms with E-state index >= 15 is 0 Å². The zero-order valence-corrected chi connectivity index (χ0v) is 16.2. The van der Waals surface area contributed by atoms with Crippen LogP contribution >= 0.6 is 0 Å². The fourth-order valence-electron chi connectivity index (χ4n) is 4.70. The van der Waals surface area contributed by atoms with Gasteiger partial charge in [0, 0.05) is 18.2 Å². The number of aryl methyl sites for hydroxylation is 1. The highest BCUT2D eigenvalue weighted by molar-refractivity contribution is 5.95. The van der Waals surface area contributed by atoms with Crippen LogP contribution in [0, 0.1) is 18.7 Å². The van der Waals surface area contributed by atoms with Crippen molar-refractivity contribution in [3.8, 4) is 0 Å². The maximum atomic E-state index is 13.5. The number of carbonyl (C=O) groups excluding carboxylic acids is 2. The average Bonchev–Trinajstić information content (AvgIpc) is 3.30. The van der Waals surface area contributed by atoms with Crippen LogP contribution in [0.25, 0.3) is 5.57 Å². The maximum absolute atomic E-state index is 13.5. The smallest absolute Gasteiger partial charge is 0.322 e. The van der Waals surface area contributed by atoms with Crippen molar-refractivity contribution in [2.24, 2.45) is 5.92 Å². The van der Waals surface area contributed by atoms with E-state index in [0.29, 0.717) is 23.7 Å². The second-order valence-electron chi connectivity index (χ2n) is 8.13. The molecule has 5 nitrogen and oxygen atoms in total. The number of nitrogens with zero attached hydrogens (tertiary/aromatic N) is 2. The Balaban J connectivity index is 1.29. The Bertz CT molecular complexity index is 1050. The van der Waals surface area contributed by atoms with Gasteiger partial charge in [-0.05, 0) is 48.2 Å². The number of hydrogen-bond acceptors (Lipinski definition) is 2. The number of nitrogens with one attached hydrogen (secondary N) is 1. The van der Waals surface area contributed by atoms with E-state index < -0.39 is 0 Å². The molecule has 0 unspecified atom stereocenters. The highest BCUT2D eigenvalue weighted by Crippen LogP contribution is 2.42. The Morgan fingerprint density at radius 1 is 1.24 bits per heavy atom. The molecule has 3 aliphatic rings. The van der Waals surface area contributed by atoms with Gasteiger partial charge in [0.15, 0.2) is 0 Å². The summed E-state index contributed by atoms with van der Waals surface area (Å²) in [5, 5.41) is 2.74. The number of carbonyl (C=O) groups is 2. The summed E-state index contributed by atoms with van der Waals surface area (Å²) in [5.41, 5.74) is 5.07. The number of hydrogen-bond donors (Lipinski definition) is 1. The number of likely N-dealkylation sites (tertiary alicyclic amines) is 1. The Kier molecular flexibility index (Phi) is 4.15. The minimum atomic E-state index is -0.350. The summed E-state index contributed by atoms with van der Waals surface area (Å²) >= 11 is 0. The lowest BCUT2D eigenvalue weighted by molar-refractivity contribution is -0.132. The Hall–Kier alpha value is -3.15. The number of urea groups is 1. The normalized spacial score (nSPS) is 22.4. The lowest BCUT2D eigenvalue weighted by Gasteiger charge is -2.32. The summed E-state index contributed by atoms with van der Waals surface area (Å²) in [5.74, 6) is -0.0698. The SMILES string of the molecule is Cc1cccc(C2=C[C@@H]3C[C@H]2CN3C(=O)CN2Cc3cc(F)ccc3NC2=O)c1. The van der Waals surface area contributed by atoms with Gasteiger partial charge < -0.3 is 15.1 Å². The summed E-state index contributed by atoms with van der Waals surface area (Å²) in [6.07, 6.45) is 3.14. The molecule has 2 heterocycles. The monoisotopic (exact) mass is 391 g/mol. The molecule has 2 atom stereocenters. The predicted molar refractivity (Wildman–Crippen MR) is 109 cm³/mol. The lowest BCUT2D eigenvalue weighted by Crippen LogP contribution is -2.47. The molecule has 0 spiro atoms. The number of rotatable bonds is 3. The van der Waals surface area contributed by atoms with Crippen LogP contribution < -0.4 is 5.32 Å². The van der Waals surface area contributed by atoms with Crippen LogP contribution in [0.2, 0.25) is 0 Å². The Labute approximate surface area is 168 Å². The number of benzene rings is 2. The van der Waals surface area contributed by atoms with Crippen LogP contribution in [0.5, 0.6) is 0 Å². The minimum Gasteiger partial charge on any atom is -0.334 e. The Morgan fingerprint density at radius 3 is 2.86 bits per heavy atom. The molecular formula is C23H22FN3O2. The number of halogens is 1. The van der Waals surface area contributed by atoms with Gasteiger partial charge in [0.1, 0.15) is 12.4 Å². The summed E-state index contributed by atoms with van der Waals surface area (Å²) in [6.45, 7) is 3.00. The van der Waals surface area contributed by atoms with E-state index in [1.54, 1.807) is 6.07 Å². The van der Waals surface area contributed by atoms with Crippen molar-refractivity contribution in [3.05, 3.63) is 71.0 Å². The van der Waals surface area contributed by atoms with Gasteiger partial charge >= 0.3 is 6.03 Å². The third-order valence-corrected chi connectivity index (χ3v) is 6.11. The first-order valence-corrected chi connectivity index (χ1v) is 9.90. The standard InChI is InChI=1S/C23H22FN3O2/c1-14-3-2-4-15(7-14)20-10-19-9-16(20)12-27(19)22(28)13-26-11-17-8-18(24)5-6-21(17)25-23(26)29/h2-8,10,16,19H,9,11-13H2,1H3,(H,25,29)/t16-,19-/m0/s1. The maximum Gasteiger partial charge on any atom is 0.322 e. The third-order valence-electron chi connectivity index (χ3n) is 6.11. The lowest BCUT2D eigenvalue weighted by atomic mass is 9.94. The van der Waals surface area contributed by atoms with Crippen LogP contribution in [0.4, 0.5) is 14.9 Å². The molecule has 2 aliphatic heterocycles. The molecule has 1 N–H and O–H groups in total. The van der Waals surface area contributed by atoms with Gasteiger partial charge in [0.25, 0.3) is 0 Å². The third kappa shape index (κ3) is 3.18. The van der Waals surface area contributed by atoms with Crippen molar-refractivity contribution in [1.29, 1.82) is 0 Å². The first kappa shape index (κ1) is 17.9. The molecule has 29 heavy (non-hydrogen) atoms. The van der Waals surface area contributed by atoms with E-state index in [4.69, 9.17) is 0 Å². The van der Waals surface area contributed by atoms with Gasteiger partial charge in [0.2, 0.25) is 5.91 Å². The summed E-state index contributed by atoms with van der Waals surface area (Å²) in [7, 11) is 0. The average molecular weight is 391 g/mol. The summed E-state index contributed by atoms with van der Waals surface area (Å²) in [6, 6.07) is 12.5. The second-order valence-corrected chi connectivity index (χ2v) is 8.13. The molecule has 0 radical (unpaired) electrons. The van der Waals surface area contributed by atoms with Gasteiger partial charge in [-0.1, -0.05) is 35.9 Å². The molecule has 5 rings (SSSR count). The first-order chi connectivity index (χ1) is 14.0. The molecule has 2 aromatic rings. The first-order valence-electron chi connectivity index (χ1n) is 9.90. The molecule has 2 bridgehead atoms. The molecule has 0 saturated carbocycles. The zero-order chi connectivity index (χ0) is 20.1. The van der Waals surface area contributed by atoms with E-state index in [0.717, 1.165) is 6.42 Å². The highest BCUT2D eigenvalue weighted by Gasteiger charge is 2.42. The Morgan fingerprint density at radius 2 is 2.10 bits per heavy atom. The van der Waals surface area contributed by atoms with Crippen LogP contribution in [0.15, 0.2) is 48.5 Å². The summed E-state index contributed by atoms with van der Waals surface area (Å²) in [4.78, 5) is 28.6. The molecule has 0 aromatic heterocycles. The van der Waals surface area contributed by atoms with Gasteiger partial charge in [-0.15, -0.1) is 0 Å². The quantitative estimate of drug-likeness (QED) is 0.865. The van der Waals surface area contributed by atoms with Gasteiger partial charge in [-0.3, -0.25) is 4.79 Å². The number of anilines is 1. The van der Waals surface area contributed by atoms with Crippen molar-refractivity contribution in [1.82, 2.24) is 9.80 Å². The zero-order valence-electron chi connectivity index (χ0n) is 16.2. The fraction of sp³-hybridized carbons (Fsp3) is 0.304. The van der Waals surface area contributed by atoms with Crippen LogP contribution in [-0.4, -0.2) is 40.9 Å². The van der Waals surface area contributed by atoms with Crippen molar-refractivity contribution in [2.45, 2.75) is 25.9 Å².